The topological polar surface area (TPSA) is 110 Å². The number of aromatic nitrogens is 1. The number of benzene rings is 2. The second-order valence-corrected chi connectivity index (χ2v) is 6.17. The molecule has 0 unspecified atom stereocenters. The minimum atomic E-state index is -1.62. The van der Waals surface area contributed by atoms with E-state index in [2.05, 4.69) is 9.72 Å². The van der Waals surface area contributed by atoms with Gasteiger partial charge in [0.25, 0.3) is 0 Å². The lowest BCUT2D eigenvalue weighted by Crippen LogP contribution is -2.06. The zero-order chi connectivity index (χ0) is 17.6. The third-order valence-electron chi connectivity index (χ3n) is 3.55. The van der Waals surface area contributed by atoms with Crippen molar-refractivity contribution in [3.05, 3.63) is 52.9 Å². The van der Waals surface area contributed by atoms with Gasteiger partial charge in [-0.25, -0.2) is 14.6 Å². The number of nitrogens with zero attached hydrogens (tertiary/aromatic N) is 1. The van der Waals surface area contributed by atoms with Gasteiger partial charge in [-0.2, -0.15) is 0 Å². The van der Waals surface area contributed by atoms with E-state index in [0.29, 0.717) is 10.4 Å². The van der Waals surface area contributed by atoms with Gasteiger partial charge in [-0.05, 0) is 30.3 Å². The Balaban J connectivity index is 1.94. The van der Waals surface area contributed by atoms with Crippen LogP contribution in [0, 0.1) is 0 Å². The maximum atomic E-state index is 12.4. The Kier molecular flexibility index (Phi) is 3.40. The molecule has 2 N–H and O–H groups in total. The maximum Gasteiger partial charge on any atom is 0.511 e. The average molecular weight is 355 g/mol. The predicted octanol–water partition coefficient (Wildman–Crippen LogP) is 3.83. The number of ether oxygens (including phenoxy) is 1. The summed E-state index contributed by atoms with van der Waals surface area (Å²) in [6.45, 7) is 0. The van der Waals surface area contributed by atoms with Gasteiger partial charge in [0.15, 0.2) is 11.3 Å². The summed E-state index contributed by atoms with van der Waals surface area (Å²) >= 11 is 1.35. The van der Waals surface area contributed by atoms with E-state index in [9.17, 15) is 14.7 Å². The molecule has 0 saturated heterocycles. The molecule has 0 bridgehead atoms. The van der Waals surface area contributed by atoms with Crippen LogP contribution in [0.4, 0.5) is 4.79 Å². The van der Waals surface area contributed by atoms with Crippen LogP contribution < -0.4 is 10.4 Å². The highest BCUT2D eigenvalue weighted by Crippen LogP contribution is 2.36. The van der Waals surface area contributed by atoms with Crippen molar-refractivity contribution >= 4 is 38.7 Å². The summed E-state index contributed by atoms with van der Waals surface area (Å²) in [6.07, 6.45) is -1.62. The van der Waals surface area contributed by atoms with Gasteiger partial charge in [-0.15, -0.1) is 11.3 Å². The molecule has 8 heteroatoms. The molecule has 0 radical (unpaired) electrons. The minimum Gasteiger partial charge on any atom is -0.504 e. The maximum absolute atomic E-state index is 12.4. The number of phenols is 1. The van der Waals surface area contributed by atoms with E-state index in [4.69, 9.17) is 9.52 Å². The van der Waals surface area contributed by atoms with Crippen LogP contribution in [0.25, 0.3) is 31.8 Å². The molecule has 25 heavy (non-hydrogen) atoms. The summed E-state index contributed by atoms with van der Waals surface area (Å²) in [5.41, 5.74) is 0.174. The van der Waals surface area contributed by atoms with E-state index in [1.807, 2.05) is 24.3 Å². The second kappa shape index (κ2) is 5.60. The summed E-state index contributed by atoms with van der Waals surface area (Å²) in [4.78, 5) is 27.6. The van der Waals surface area contributed by atoms with Crippen molar-refractivity contribution in [1.82, 2.24) is 4.98 Å². The second-order valence-electron chi connectivity index (χ2n) is 5.13. The summed E-state index contributed by atoms with van der Waals surface area (Å²) < 4.78 is 10.7. The zero-order valence-corrected chi connectivity index (χ0v) is 13.2. The molecule has 7 nitrogen and oxygen atoms in total. The van der Waals surface area contributed by atoms with E-state index in [1.54, 1.807) is 0 Å². The van der Waals surface area contributed by atoms with Crippen molar-refractivity contribution in [3.8, 4) is 22.1 Å². The fourth-order valence-electron chi connectivity index (χ4n) is 2.47. The van der Waals surface area contributed by atoms with Crippen LogP contribution >= 0.6 is 11.3 Å². The molecule has 124 valence electrons. The van der Waals surface area contributed by atoms with E-state index in [1.165, 1.54) is 29.5 Å². The molecule has 2 aromatic carbocycles. The Morgan fingerprint density at radius 3 is 2.76 bits per heavy atom. The largest absolute Gasteiger partial charge is 0.511 e. The number of fused-ring (bicyclic) bond motifs is 2. The monoisotopic (exact) mass is 355 g/mol. The van der Waals surface area contributed by atoms with Crippen LogP contribution in [-0.4, -0.2) is 21.4 Å². The van der Waals surface area contributed by atoms with Crippen molar-refractivity contribution < 1.29 is 24.2 Å². The Morgan fingerprint density at radius 2 is 2.00 bits per heavy atom. The van der Waals surface area contributed by atoms with Crippen LogP contribution in [-0.2, 0) is 0 Å². The minimum absolute atomic E-state index is 0.141. The van der Waals surface area contributed by atoms with E-state index in [-0.39, 0.29) is 11.1 Å². The number of hydrogen-bond donors (Lipinski definition) is 2. The highest BCUT2D eigenvalue weighted by atomic mass is 32.1. The van der Waals surface area contributed by atoms with Crippen LogP contribution in [0.1, 0.15) is 0 Å². The summed E-state index contributed by atoms with van der Waals surface area (Å²) in [5.74, 6) is -0.858. The van der Waals surface area contributed by atoms with Gasteiger partial charge >= 0.3 is 11.8 Å². The van der Waals surface area contributed by atoms with Crippen LogP contribution in [0.3, 0.4) is 0 Å². The standard InChI is InChI=1S/C17H9NO6S/c19-11-6-5-8-7-9(15-18-10-3-1-2-4-12(10)25-15)16(20)23-13(8)14(11)24-17(21)22/h1-7,19H,(H,21,22). The molecular formula is C17H9NO6S. The molecule has 0 aliphatic rings. The first-order chi connectivity index (χ1) is 12.0. The van der Waals surface area contributed by atoms with Crippen LogP contribution in [0.2, 0.25) is 0 Å². The molecule has 2 aromatic heterocycles. The van der Waals surface area contributed by atoms with E-state index in [0.717, 1.165) is 10.2 Å². The van der Waals surface area contributed by atoms with Gasteiger partial charge in [0.05, 0.1) is 15.8 Å². The molecule has 0 aliphatic heterocycles. The molecule has 0 saturated carbocycles. The Hall–Kier alpha value is -3.39. The lowest BCUT2D eigenvalue weighted by atomic mass is 10.1. The molecular weight excluding hydrogens is 346 g/mol. The van der Waals surface area contributed by atoms with Crippen molar-refractivity contribution in [2.24, 2.45) is 0 Å². The first kappa shape index (κ1) is 15.2. The number of hydrogen-bond acceptors (Lipinski definition) is 7. The highest BCUT2D eigenvalue weighted by Gasteiger charge is 2.18. The van der Waals surface area contributed by atoms with Gasteiger partial charge in [-0.3, -0.25) is 0 Å². The smallest absolute Gasteiger partial charge is 0.504 e. The number of phenolic OH excluding ortho intramolecular Hbond substituents is 1. The van der Waals surface area contributed by atoms with Gasteiger partial charge in [0.1, 0.15) is 5.01 Å². The lowest BCUT2D eigenvalue weighted by Gasteiger charge is -2.06. The van der Waals surface area contributed by atoms with Gasteiger partial charge < -0.3 is 19.4 Å². The van der Waals surface area contributed by atoms with Gasteiger partial charge in [-0.1, -0.05) is 12.1 Å². The Morgan fingerprint density at radius 1 is 1.20 bits per heavy atom. The molecule has 4 aromatic rings. The Labute approximate surface area is 143 Å². The predicted molar refractivity (Wildman–Crippen MR) is 91.4 cm³/mol. The number of carboxylic acid groups (broad SMARTS) is 1. The first-order valence-corrected chi connectivity index (χ1v) is 7.91. The fraction of sp³-hybridized carbons (Fsp3) is 0. The van der Waals surface area contributed by atoms with Crippen molar-refractivity contribution in [2.75, 3.05) is 0 Å². The van der Waals surface area contributed by atoms with Gasteiger partial charge in [0.2, 0.25) is 5.75 Å². The average Bonchev–Trinajstić information content (AvgIpc) is 3.01. The zero-order valence-electron chi connectivity index (χ0n) is 12.4. The third kappa shape index (κ3) is 2.58. The molecule has 0 aliphatic carbocycles. The quantitative estimate of drug-likeness (QED) is 0.319. The van der Waals surface area contributed by atoms with Crippen LogP contribution in [0.15, 0.2) is 51.7 Å². The lowest BCUT2D eigenvalue weighted by molar-refractivity contribution is 0.143. The SMILES string of the molecule is O=C(O)Oc1c(O)ccc2cc(-c3nc4ccccc4s3)c(=O)oc12. The number of aromatic hydroxyl groups is 1. The number of carbonyl (C=O) groups is 1. The first-order valence-electron chi connectivity index (χ1n) is 7.09. The summed E-state index contributed by atoms with van der Waals surface area (Å²) in [6, 6.07) is 11.8. The number of thiazole rings is 1. The fourth-order valence-corrected chi connectivity index (χ4v) is 3.44. The summed E-state index contributed by atoms with van der Waals surface area (Å²) in [5, 5.41) is 19.4. The normalized spacial score (nSPS) is 11.0. The van der Waals surface area contributed by atoms with Crippen molar-refractivity contribution in [3.63, 3.8) is 0 Å². The molecule has 4 rings (SSSR count). The summed E-state index contributed by atoms with van der Waals surface area (Å²) in [7, 11) is 0. The van der Waals surface area contributed by atoms with Crippen molar-refractivity contribution in [2.45, 2.75) is 0 Å². The third-order valence-corrected chi connectivity index (χ3v) is 4.62. The van der Waals surface area contributed by atoms with Gasteiger partial charge in [0, 0.05) is 5.39 Å². The van der Waals surface area contributed by atoms with E-state index >= 15 is 0 Å². The molecule has 0 spiro atoms. The highest BCUT2D eigenvalue weighted by molar-refractivity contribution is 7.21. The van der Waals surface area contributed by atoms with E-state index < -0.39 is 23.3 Å². The molecule has 0 amide bonds. The number of rotatable bonds is 2. The molecule has 0 fully saturated rings. The Bertz CT molecular complexity index is 1160. The van der Waals surface area contributed by atoms with Crippen LogP contribution in [0.5, 0.6) is 11.5 Å². The number of para-hydroxylation sites is 1. The molecule has 0 atom stereocenters. The van der Waals surface area contributed by atoms with Crippen molar-refractivity contribution in [1.29, 1.82) is 0 Å². The molecule has 2 heterocycles.